The van der Waals surface area contributed by atoms with Gasteiger partial charge in [0, 0.05) is 31.1 Å². The van der Waals surface area contributed by atoms with Crippen molar-refractivity contribution >= 4 is 16.8 Å². The highest BCUT2D eigenvalue weighted by atomic mass is 16.5. The number of benzene rings is 2. The van der Waals surface area contributed by atoms with Crippen molar-refractivity contribution < 1.29 is 14.3 Å². The number of ether oxygens (including phenoxy) is 2. The molecule has 0 aliphatic rings. The molecule has 0 spiro atoms. The van der Waals surface area contributed by atoms with Crippen molar-refractivity contribution in [3.8, 4) is 22.8 Å². The standard InChI is InChI=1S/C22H25N3O3/c1-23-11-12-25(2)22(26)17-14-19(24-18-8-6-5-7-16(17)18)15-9-10-20(27-3)21(13-15)28-4/h5-10,13-14,23H,11-12H2,1-4H3. The van der Waals surface area contributed by atoms with Crippen LogP contribution in [0, 0.1) is 0 Å². The molecule has 28 heavy (non-hydrogen) atoms. The Morgan fingerprint density at radius 2 is 1.82 bits per heavy atom. The van der Waals surface area contributed by atoms with E-state index in [2.05, 4.69) is 5.32 Å². The Bertz CT molecular complexity index is 988. The van der Waals surface area contributed by atoms with Gasteiger partial charge in [-0.15, -0.1) is 0 Å². The minimum Gasteiger partial charge on any atom is -0.493 e. The second-order valence-corrected chi connectivity index (χ2v) is 6.47. The molecule has 0 fully saturated rings. The van der Waals surface area contributed by atoms with Crippen LogP contribution >= 0.6 is 0 Å². The smallest absolute Gasteiger partial charge is 0.254 e. The number of amides is 1. The number of para-hydroxylation sites is 1. The number of carbonyl (C=O) groups is 1. The molecule has 2 aromatic carbocycles. The van der Waals surface area contributed by atoms with Gasteiger partial charge in [0.15, 0.2) is 11.5 Å². The number of hydrogen-bond donors (Lipinski definition) is 1. The predicted octanol–water partition coefficient (Wildman–Crippen LogP) is 3.21. The zero-order valence-electron chi connectivity index (χ0n) is 16.7. The minimum absolute atomic E-state index is 0.0319. The van der Waals surface area contributed by atoms with Gasteiger partial charge in [-0.05, 0) is 37.4 Å². The van der Waals surface area contributed by atoms with E-state index in [9.17, 15) is 4.79 Å². The van der Waals surface area contributed by atoms with Gasteiger partial charge in [-0.2, -0.15) is 0 Å². The Morgan fingerprint density at radius 1 is 1.07 bits per heavy atom. The van der Waals surface area contributed by atoms with Crippen LogP contribution in [0.25, 0.3) is 22.2 Å². The van der Waals surface area contributed by atoms with E-state index in [0.29, 0.717) is 29.3 Å². The fourth-order valence-electron chi connectivity index (χ4n) is 3.08. The number of carbonyl (C=O) groups excluding carboxylic acids is 1. The molecule has 1 N–H and O–H groups in total. The van der Waals surface area contributed by atoms with Crippen LogP contribution in [-0.4, -0.2) is 57.2 Å². The lowest BCUT2D eigenvalue weighted by molar-refractivity contribution is 0.0799. The summed E-state index contributed by atoms with van der Waals surface area (Å²) in [6, 6.07) is 15.2. The molecule has 0 saturated heterocycles. The molecule has 6 heteroatoms. The third-order valence-corrected chi connectivity index (χ3v) is 4.67. The van der Waals surface area contributed by atoms with E-state index in [-0.39, 0.29) is 5.91 Å². The van der Waals surface area contributed by atoms with E-state index in [1.807, 2.05) is 62.6 Å². The maximum absolute atomic E-state index is 13.1. The fraction of sp³-hybridized carbons (Fsp3) is 0.273. The highest BCUT2D eigenvalue weighted by Gasteiger charge is 2.18. The van der Waals surface area contributed by atoms with Crippen LogP contribution in [0.3, 0.4) is 0 Å². The number of fused-ring (bicyclic) bond motifs is 1. The average Bonchev–Trinajstić information content (AvgIpc) is 2.75. The Kier molecular flexibility index (Phi) is 6.11. The molecule has 0 atom stereocenters. The van der Waals surface area contributed by atoms with Gasteiger partial charge in [0.25, 0.3) is 5.91 Å². The summed E-state index contributed by atoms with van der Waals surface area (Å²) in [5.74, 6) is 1.24. The zero-order chi connectivity index (χ0) is 20.1. The largest absolute Gasteiger partial charge is 0.493 e. The van der Waals surface area contributed by atoms with E-state index < -0.39 is 0 Å². The van der Waals surface area contributed by atoms with E-state index in [1.165, 1.54) is 0 Å². The summed E-state index contributed by atoms with van der Waals surface area (Å²) in [6.07, 6.45) is 0. The number of nitrogens with zero attached hydrogens (tertiary/aromatic N) is 2. The Labute approximate surface area is 165 Å². The second kappa shape index (κ2) is 8.71. The zero-order valence-corrected chi connectivity index (χ0v) is 16.7. The van der Waals surface area contributed by atoms with Gasteiger partial charge in [-0.1, -0.05) is 18.2 Å². The van der Waals surface area contributed by atoms with Crippen molar-refractivity contribution in [1.29, 1.82) is 0 Å². The first kappa shape index (κ1) is 19.6. The van der Waals surface area contributed by atoms with E-state index in [4.69, 9.17) is 14.5 Å². The van der Waals surface area contributed by atoms with Crippen molar-refractivity contribution in [2.24, 2.45) is 0 Å². The van der Waals surface area contributed by atoms with Gasteiger partial charge >= 0.3 is 0 Å². The fourth-order valence-corrected chi connectivity index (χ4v) is 3.08. The summed E-state index contributed by atoms with van der Waals surface area (Å²) in [5.41, 5.74) is 2.98. The first-order valence-corrected chi connectivity index (χ1v) is 9.11. The molecule has 0 aliphatic carbocycles. The van der Waals surface area contributed by atoms with E-state index in [0.717, 1.165) is 23.0 Å². The van der Waals surface area contributed by atoms with Crippen LogP contribution in [0.4, 0.5) is 0 Å². The van der Waals surface area contributed by atoms with Crippen LogP contribution in [0.1, 0.15) is 10.4 Å². The summed E-state index contributed by atoms with van der Waals surface area (Å²) in [6.45, 7) is 1.35. The van der Waals surface area contributed by atoms with Crippen molar-refractivity contribution in [3.05, 3.63) is 54.1 Å². The van der Waals surface area contributed by atoms with Gasteiger partial charge in [0.05, 0.1) is 31.0 Å². The summed E-state index contributed by atoms with van der Waals surface area (Å²) < 4.78 is 10.7. The Hall–Kier alpha value is -3.12. The molecular weight excluding hydrogens is 354 g/mol. The SMILES string of the molecule is CNCCN(C)C(=O)c1cc(-c2ccc(OC)c(OC)c2)nc2ccccc12. The predicted molar refractivity (Wildman–Crippen MR) is 111 cm³/mol. The lowest BCUT2D eigenvalue weighted by Gasteiger charge is -2.19. The number of nitrogens with one attached hydrogen (secondary N) is 1. The van der Waals surface area contributed by atoms with Crippen LogP contribution in [0.15, 0.2) is 48.5 Å². The first-order chi connectivity index (χ1) is 13.6. The molecule has 0 aliphatic heterocycles. The number of likely N-dealkylation sites (N-methyl/N-ethyl adjacent to an activating group) is 2. The van der Waals surface area contributed by atoms with Crippen LogP contribution < -0.4 is 14.8 Å². The normalized spacial score (nSPS) is 10.7. The Balaban J connectivity index is 2.11. The van der Waals surface area contributed by atoms with Crippen molar-refractivity contribution in [2.75, 3.05) is 41.4 Å². The maximum Gasteiger partial charge on any atom is 0.254 e. The molecule has 1 amide bonds. The van der Waals surface area contributed by atoms with Gasteiger partial charge in [-0.25, -0.2) is 4.98 Å². The molecule has 6 nitrogen and oxygen atoms in total. The molecule has 1 heterocycles. The summed E-state index contributed by atoms with van der Waals surface area (Å²) in [5, 5.41) is 3.91. The number of pyridine rings is 1. The molecule has 146 valence electrons. The lowest BCUT2D eigenvalue weighted by Crippen LogP contribution is -2.33. The molecule has 0 unspecified atom stereocenters. The number of methoxy groups -OCH3 is 2. The molecule has 0 radical (unpaired) electrons. The van der Waals surface area contributed by atoms with Gasteiger partial charge in [-0.3, -0.25) is 4.79 Å². The molecule has 0 bridgehead atoms. The summed E-state index contributed by atoms with van der Waals surface area (Å²) in [4.78, 5) is 19.6. The maximum atomic E-state index is 13.1. The molecule has 0 saturated carbocycles. The highest BCUT2D eigenvalue weighted by Crippen LogP contribution is 2.33. The summed E-state index contributed by atoms with van der Waals surface area (Å²) >= 11 is 0. The lowest BCUT2D eigenvalue weighted by atomic mass is 10.0. The van der Waals surface area contributed by atoms with Crippen LogP contribution in [-0.2, 0) is 0 Å². The number of aromatic nitrogens is 1. The third kappa shape index (κ3) is 3.92. The van der Waals surface area contributed by atoms with Crippen LogP contribution in [0.2, 0.25) is 0 Å². The summed E-state index contributed by atoms with van der Waals surface area (Å²) in [7, 11) is 6.88. The monoisotopic (exact) mass is 379 g/mol. The van der Waals surface area contributed by atoms with Gasteiger partial charge in [0.1, 0.15) is 0 Å². The van der Waals surface area contributed by atoms with Crippen molar-refractivity contribution in [2.45, 2.75) is 0 Å². The Morgan fingerprint density at radius 3 is 2.54 bits per heavy atom. The van der Waals surface area contributed by atoms with Crippen molar-refractivity contribution in [3.63, 3.8) is 0 Å². The second-order valence-electron chi connectivity index (χ2n) is 6.47. The van der Waals surface area contributed by atoms with E-state index in [1.54, 1.807) is 19.1 Å². The number of rotatable bonds is 7. The van der Waals surface area contributed by atoms with Crippen LogP contribution in [0.5, 0.6) is 11.5 Å². The molecule has 3 aromatic rings. The molecular formula is C22H25N3O3. The molecule has 3 rings (SSSR count). The highest BCUT2D eigenvalue weighted by molar-refractivity contribution is 6.07. The molecule has 1 aromatic heterocycles. The minimum atomic E-state index is -0.0319. The van der Waals surface area contributed by atoms with Crippen molar-refractivity contribution in [1.82, 2.24) is 15.2 Å². The quantitative estimate of drug-likeness (QED) is 0.683. The average molecular weight is 379 g/mol. The first-order valence-electron chi connectivity index (χ1n) is 9.11. The van der Waals surface area contributed by atoms with Gasteiger partial charge in [0.2, 0.25) is 0 Å². The van der Waals surface area contributed by atoms with E-state index >= 15 is 0 Å². The van der Waals surface area contributed by atoms with Gasteiger partial charge < -0.3 is 19.7 Å². The third-order valence-electron chi connectivity index (χ3n) is 4.67. The number of hydrogen-bond acceptors (Lipinski definition) is 5. The topological polar surface area (TPSA) is 63.7 Å².